The molecule has 0 bridgehead atoms. The van der Waals surface area contributed by atoms with E-state index in [1.165, 1.54) is 0 Å². The molecule has 0 aromatic heterocycles. The molecular weight excluding hydrogens is 340 g/mol. The average molecular weight is 366 g/mol. The second-order valence-corrected chi connectivity index (χ2v) is 7.04. The van der Waals surface area contributed by atoms with E-state index in [1.807, 2.05) is 67.7 Å². The Kier molecular flexibility index (Phi) is 6.47. The standard InChI is InChI=1S/C22H26N2O3/c1-23(15-18-8-4-2-5-9-18)21(25)14-19-12-13-24(16-19)22(26)17-27-20-10-6-3-7-11-20/h2-11,19H,12-17H2,1H3. The molecule has 0 radical (unpaired) electrons. The number of nitrogens with zero attached hydrogens (tertiary/aromatic N) is 2. The molecule has 1 saturated heterocycles. The van der Waals surface area contributed by atoms with Crippen molar-refractivity contribution in [2.45, 2.75) is 19.4 Å². The average Bonchev–Trinajstić information content (AvgIpc) is 3.16. The third kappa shape index (κ3) is 5.58. The number of carbonyl (C=O) groups is 2. The Morgan fingerprint density at radius 3 is 2.44 bits per heavy atom. The third-order valence-corrected chi connectivity index (χ3v) is 4.90. The number of carbonyl (C=O) groups excluding carboxylic acids is 2. The normalized spacial score (nSPS) is 16.2. The first-order chi connectivity index (χ1) is 13.1. The van der Waals surface area contributed by atoms with Crippen LogP contribution < -0.4 is 4.74 Å². The van der Waals surface area contributed by atoms with Crippen molar-refractivity contribution in [1.82, 2.24) is 9.80 Å². The van der Waals surface area contributed by atoms with Gasteiger partial charge in [0, 0.05) is 33.1 Å². The van der Waals surface area contributed by atoms with Crippen LogP contribution in [0.2, 0.25) is 0 Å². The van der Waals surface area contributed by atoms with Crippen LogP contribution in [0.25, 0.3) is 0 Å². The first kappa shape index (κ1) is 19.0. The first-order valence-corrected chi connectivity index (χ1v) is 9.35. The predicted octanol–water partition coefficient (Wildman–Crippen LogP) is 2.96. The molecule has 142 valence electrons. The molecule has 1 aliphatic heterocycles. The lowest BCUT2D eigenvalue weighted by atomic mass is 10.0. The van der Waals surface area contributed by atoms with Gasteiger partial charge in [0.1, 0.15) is 5.75 Å². The minimum Gasteiger partial charge on any atom is -0.484 e. The molecular formula is C22H26N2O3. The molecule has 1 atom stereocenters. The minimum atomic E-state index is -0.0218. The lowest BCUT2D eigenvalue weighted by Gasteiger charge is -2.20. The van der Waals surface area contributed by atoms with Crippen LogP contribution in [0.5, 0.6) is 5.75 Å². The molecule has 5 nitrogen and oxygen atoms in total. The van der Waals surface area contributed by atoms with Gasteiger partial charge in [-0.15, -0.1) is 0 Å². The summed E-state index contributed by atoms with van der Waals surface area (Å²) in [5.74, 6) is 1.01. The summed E-state index contributed by atoms with van der Waals surface area (Å²) >= 11 is 0. The second kappa shape index (κ2) is 9.21. The van der Waals surface area contributed by atoms with Crippen LogP contribution in [-0.4, -0.2) is 48.4 Å². The summed E-state index contributed by atoms with van der Waals surface area (Å²) in [5.41, 5.74) is 1.12. The first-order valence-electron chi connectivity index (χ1n) is 9.35. The van der Waals surface area contributed by atoms with Crippen LogP contribution in [-0.2, 0) is 16.1 Å². The van der Waals surface area contributed by atoms with Crippen LogP contribution in [0.3, 0.4) is 0 Å². The number of rotatable bonds is 7. The number of benzene rings is 2. The van der Waals surface area contributed by atoms with Gasteiger partial charge in [-0.2, -0.15) is 0 Å². The molecule has 3 rings (SSSR count). The maximum Gasteiger partial charge on any atom is 0.260 e. The van der Waals surface area contributed by atoms with Gasteiger partial charge >= 0.3 is 0 Å². The van der Waals surface area contributed by atoms with Crippen molar-refractivity contribution in [3.8, 4) is 5.75 Å². The summed E-state index contributed by atoms with van der Waals surface area (Å²) in [5, 5.41) is 0. The Hall–Kier alpha value is -2.82. The Morgan fingerprint density at radius 2 is 1.74 bits per heavy atom. The van der Waals surface area contributed by atoms with E-state index in [-0.39, 0.29) is 24.3 Å². The summed E-state index contributed by atoms with van der Waals surface area (Å²) in [4.78, 5) is 28.4. The van der Waals surface area contributed by atoms with Crippen LogP contribution in [0.15, 0.2) is 60.7 Å². The smallest absolute Gasteiger partial charge is 0.260 e. The third-order valence-electron chi connectivity index (χ3n) is 4.90. The minimum absolute atomic E-state index is 0.0218. The fourth-order valence-electron chi connectivity index (χ4n) is 3.33. The number of hydrogen-bond donors (Lipinski definition) is 0. The fraction of sp³-hybridized carbons (Fsp3) is 0.364. The van der Waals surface area contributed by atoms with Crippen LogP contribution in [0.1, 0.15) is 18.4 Å². The summed E-state index contributed by atoms with van der Waals surface area (Å²) < 4.78 is 5.53. The van der Waals surface area contributed by atoms with Gasteiger partial charge in [-0.1, -0.05) is 48.5 Å². The van der Waals surface area contributed by atoms with Crippen molar-refractivity contribution in [2.75, 3.05) is 26.7 Å². The summed E-state index contributed by atoms with van der Waals surface area (Å²) in [6.07, 6.45) is 1.34. The Bertz CT molecular complexity index is 749. The van der Waals surface area contributed by atoms with E-state index >= 15 is 0 Å². The van der Waals surface area contributed by atoms with Crippen LogP contribution in [0, 0.1) is 5.92 Å². The van der Waals surface area contributed by atoms with E-state index in [0.29, 0.717) is 31.8 Å². The summed E-state index contributed by atoms with van der Waals surface area (Å²) in [6.45, 7) is 1.97. The maximum atomic E-state index is 12.5. The van der Waals surface area contributed by atoms with E-state index in [0.717, 1.165) is 12.0 Å². The molecule has 0 saturated carbocycles. The van der Waals surface area contributed by atoms with Gasteiger partial charge in [0.2, 0.25) is 5.91 Å². The van der Waals surface area contributed by atoms with Crippen molar-refractivity contribution in [1.29, 1.82) is 0 Å². The molecule has 27 heavy (non-hydrogen) atoms. The predicted molar refractivity (Wildman–Crippen MR) is 104 cm³/mol. The zero-order chi connectivity index (χ0) is 19.1. The Morgan fingerprint density at radius 1 is 1.07 bits per heavy atom. The quantitative estimate of drug-likeness (QED) is 0.757. The van der Waals surface area contributed by atoms with E-state index in [9.17, 15) is 9.59 Å². The second-order valence-electron chi connectivity index (χ2n) is 7.04. The molecule has 1 aliphatic rings. The Labute approximate surface area is 160 Å². The highest BCUT2D eigenvalue weighted by Crippen LogP contribution is 2.21. The van der Waals surface area contributed by atoms with Gasteiger partial charge in [0.05, 0.1) is 0 Å². The van der Waals surface area contributed by atoms with Crippen LogP contribution in [0.4, 0.5) is 0 Å². The van der Waals surface area contributed by atoms with E-state index < -0.39 is 0 Å². The molecule has 2 amide bonds. The van der Waals surface area contributed by atoms with E-state index in [2.05, 4.69) is 0 Å². The van der Waals surface area contributed by atoms with Crippen molar-refractivity contribution in [3.63, 3.8) is 0 Å². The van der Waals surface area contributed by atoms with Gasteiger partial charge in [-0.25, -0.2) is 0 Å². The highest BCUT2D eigenvalue weighted by Gasteiger charge is 2.28. The topological polar surface area (TPSA) is 49.9 Å². The van der Waals surface area contributed by atoms with E-state index in [4.69, 9.17) is 4.74 Å². The van der Waals surface area contributed by atoms with E-state index in [1.54, 1.807) is 9.80 Å². The lowest BCUT2D eigenvalue weighted by molar-refractivity contribution is -0.134. The fourth-order valence-corrected chi connectivity index (χ4v) is 3.33. The van der Waals surface area contributed by atoms with Crippen molar-refractivity contribution in [3.05, 3.63) is 66.2 Å². The van der Waals surface area contributed by atoms with Gasteiger partial charge in [-0.3, -0.25) is 9.59 Å². The van der Waals surface area contributed by atoms with Crippen molar-refractivity contribution < 1.29 is 14.3 Å². The zero-order valence-electron chi connectivity index (χ0n) is 15.7. The molecule has 0 aliphatic carbocycles. The van der Waals surface area contributed by atoms with Gasteiger partial charge < -0.3 is 14.5 Å². The molecule has 0 N–H and O–H groups in total. The monoisotopic (exact) mass is 366 g/mol. The molecule has 1 unspecified atom stereocenters. The number of amides is 2. The number of para-hydroxylation sites is 1. The number of hydrogen-bond acceptors (Lipinski definition) is 3. The largest absolute Gasteiger partial charge is 0.484 e. The van der Waals surface area contributed by atoms with Gasteiger partial charge in [-0.05, 0) is 30.0 Å². The highest BCUT2D eigenvalue weighted by molar-refractivity contribution is 5.79. The zero-order valence-corrected chi connectivity index (χ0v) is 15.7. The van der Waals surface area contributed by atoms with Gasteiger partial charge in [0.25, 0.3) is 5.91 Å². The molecule has 1 fully saturated rings. The lowest BCUT2D eigenvalue weighted by Crippen LogP contribution is -2.34. The van der Waals surface area contributed by atoms with Gasteiger partial charge in [0.15, 0.2) is 6.61 Å². The van der Waals surface area contributed by atoms with Crippen molar-refractivity contribution >= 4 is 11.8 Å². The SMILES string of the molecule is CN(Cc1ccccc1)C(=O)CC1CCN(C(=O)COc2ccccc2)C1. The Balaban J connectivity index is 1.42. The number of likely N-dealkylation sites (tertiary alicyclic amines) is 1. The molecule has 1 heterocycles. The summed E-state index contributed by atoms with van der Waals surface area (Å²) in [6, 6.07) is 19.3. The molecule has 2 aromatic rings. The maximum absolute atomic E-state index is 12.5. The molecule has 2 aromatic carbocycles. The van der Waals surface area contributed by atoms with Crippen molar-refractivity contribution in [2.24, 2.45) is 5.92 Å². The highest BCUT2D eigenvalue weighted by atomic mass is 16.5. The van der Waals surface area contributed by atoms with Crippen LogP contribution >= 0.6 is 0 Å². The number of ether oxygens (including phenoxy) is 1. The molecule has 0 spiro atoms. The summed E-state index contributed by atoms with van der Waals surface area (Å²) in [7, 11) is 1.83. The molecule has 5 heteroatoms.